The van der Waals surface area contributed by atoms with Crippen LogP contribution in [0.1, 0.15) is 46.0 Å². The van der Waals surface area contributed by atoms with Gasteiger partial charge in [0.25, 0.3) is 0 Å². The first-order valence-electron chi connectivity index (χ1n) is 6.90. The van der Waals surface area contributed by atoms with E-state index in [9.17, 15) is 9.59 Å². The molecule has 2 N–H and O–H groups in total. The van der Waals surface area contributed by atoms with Gasteiger partial charge in [-0.3, -0.25) is 4.79 Å². The first kappa shape index (κ1) is 14.5. The topological polar surface area (TPSA) is 67.4 Å². The molecule has 108 valence electrons. The number of hydrogen-bond acceptors (Lipinski definition) is 4. The fourth-order valence-corrected chi connectivity index (χ4v) is 3.50. The van der Waals surface area contributed by atoms with Gasteiger partial charge in [-0.1, -0.05) is 12.8 Å². The molecule has 1 unspecified atom stereocenters. The average Bonchev–Trinajstić information content (AvgIpc) is 2.37. The van der Waals surface area contributed by atoms with Crippen LogP contribution in [0, 0.1) is 11.8 Å². The third-order valence-electron chi connectivity index (χ3n) is 4.28. The third-order valence-corrected chi connectivity index (χ3v) is 4.51. The lowest BCUT2D eigenvalue weighted by Gasteiger charge is -2.50. The van der Waals surface area contributed by atoms with Gasteiger partial charge in [-0.05, 0) is 51.9 Å². The fourth-order valence-electron chi connectivity index (χ4n) is 3.35. The molecule has 0 radical (unpaired) electrons. The predicted molar refractivity (Wildman–Crippen MR) is 74.7 cm³/mol. The molecule has 3 aliphatic rings. The molecule has 3 fully saturated rings. The van der Waals surface area contributed by atoms with Crippen molar-refractivity contribution in [3.8, 4) is 0 Å². The zero-order valence-corrected chi connectivity index (χ0v) is 12.3. The Morgan fingerprint density at radius 1 is 1.32 bits per heavy atom. The lowest BCUT2D eigenvalue weighted by Crippen LogP contribution is -2.56. The van der Waals surface area contributed by atoms with Crippen molar-refractivity contribution in [3.05, 3.63) is 0 Å². The summed E-state index contributed by atoms with van der Waals surface area (Å²) in [5.41, 5.74) is -0.638. The van der Waals surface area contributed by atoms with E-state index in [2.05, 4.69) is 22.9 Å². The summed E-state index contributed by atoms with van der Waals surface area (Å²) in [6, 6.07) is 0.0287. The predicted octanol–water partition coefficient (Wildman–Crippen LogP) is 2.03. The van der Waals surface area contributed by atoms with E-state index in [1.807, 2.05) is 13.8 Å². The van der Waals surface area contributed by atoms with Gasteiger partial charge in [0.05, 0.1) is 5.92 Å². The number of thiol groups is 1. The van der Waals surface area contributed by atoms with Crippen molar-refractivity contribution in [1.82, 2.24) is 10.0 Å². The number of carbonyl (C=O) groups excluding carboxylic acids is 2. The second-order valence-electron chi connectivity index (χ2n) is 5.96. The first-order chi connectivity index (χ1) is 8.97. The van der Waals surface area contributed by atoms with Crippen LogP contribution in [0.5, 0.6) is 0 Å². The molecule has 0 heterocycles. The van der Waals surface area contributed by atoms with E-state index in [1.165, 1.54) is 0 Å². The summed E-state index contributed by atoms with van der Waals surface area (Å²) >= 11 is 3.85. The molecule has 0 aromatic carbocycles. The molecule has 6 heteroatoms. The Morgan fingerprint density at radius 3 is 2.47 bits per heavy atom. The molecule has 0 aromatic rings. The number of amides is 2. The Labute approximate surface area is 119 Å². The normalized spacial score (nSPS) is 33.1. The first-order valence-corrected chi connectivity index (χ1v) is 7.35. The van der Waals surface area contributed by atoms with Crippen molar-refractivity contribution >= 4 is 24.8 Å². The summed E-state index contributed by atoms with van der Waals surface area (Å²) in [7, 11) is 0. The average molecular weight is 286 g/mol. The van der Waals surface area contributed by atoms with Crippen molar-refractivity contribution in [2.45, 2.75) is 57.6 Å². The molecule has 19 heavy (non-hydrogen) atoms. The van der Waals surface area contributed by atoms with E-state index in [0.717, 1.165) is 32.1 Å². The summed E-state index contributed by atoms with van der Waals surface area (Å²) in [5, 5.41) is 2.73. The van der Waals surface area contributed by atoms with Crippen LogP contribution in [0.3, 0.4) is 0 Å². The molecule has 2 amide bonds. The minimum Gasteiger partial charge on any atom is -0.442 e. The van der Waals surface area contributed by atoms with Gasteiger partial charge in [-0.15, -0.1) is 0 Å². The molecular weight excluding hydrogens is 264 g/mol. The zero-order chi connectivity index (χ0) is 14.0. The second kappa shape index (κ2) is 5.61. The Hall–Kier alpha value is -0.910. The quantitative estimate of drug-likeness (QED) is 0.695. The van der Waals surface area contributed by atoms with E-state index in [-0.39, 0.29) is 17.9 Å². The molecule has 0 saturated heterocycles. The van der Waals surface area contributed by atoms with Crippen LogP contribution in [0.15, 0.2) is 0 Å². The van der Waals surface area contributed by atoms with E-state index in [1.54, 1.807) is 0 Å². The number of hydrogen-bond donors (Lipinski definition) is 3. The molecule has 0 aromatic heterocycles. The lowest BCUT2D eigenvalue weighted by atomic mass is 9.61. The van der Waals surface area contributed by atoms with Crippen LogP contribution in [0.4, 0.5) is 4.79 Å². The van der Waals surface area contributed by atoms with Gasteiger partial charge >= 0.3 is 6.09 Å². The maximum Gasteiger partial charge on any atom is 0.407 e. The number of alkyl carbamates (subject to hydrolysis) is 1. The largest absolute Gasteiger partial charge is 0.442 e. The van der Waals surface area contributed by atoms with Gasteiger partial charge < -0.3 is 14.8 Å². The second-order valence-corrected chi connectivity index (χ2v) is 6.18. The molecular formula is C13H22N2O3S. The van der Waals surface area contributed by atoms with Gasteiger partial charge in [-0.2, -0.15) is 0 Å². The monoisotopic (exact) mass is 286 g/mol. The zero-order valence-electron chi connectivity index (χ0n) is 11.4. The maximum absolute atomic E-state index is 12.0. The van der Waals surface area contributed by atoms with Crippen LogP contribution in [-0.2, 0) is 9.53 Å². The van der Waals surface area contributed by atoms with Crippen molar-refractivity contribution < 1.29 is 14.3 Å². The van der Waals surface area contributed by atoms with Crippen molar-refractivity contribution in [3.63, 3.8) is 0 Å². The Balaban J connectivity index is 2.11. The summed E-state index contributed by atoms with van der Waals surface area (Å²) in [5.74, 6) is 0.176. The number of carbonyl (C=O) groups is 2. The molecule has 0 aliphatic heterocycles. The van der Waals surface area contributed by atoms with Gasteiger partial charge in [-0.25, -0.2) is 4.79 Å². The van der Waals surface area contributed by atoms with E-state index < -0.39 is 11.7 Å². The Bertz CT molecular complexity index is 365. The third kappa shape index (κ3) is 2.99. The highest BCUT2D eigenvalue weighted by Gasteiger charge is 2.53. The molecule has 3 saturated carbocycles. The van der Waals surface area contributed by atoms with E-state index >= 15 is 0 Å². The molecule has 0 spiro atoms. The number of nitrogens with one attached hydrogen (secondary N) is 2. The molecule has 3 aliphatic carbocycles. The van der Waals surface area contributed by atoms with Crippen LogP contribution in [-0.4, -0.2) is 23.6 Å². The van der Waals surface area contributed by atoms with E-state index in [4.69, 9.17) is 4.74 Å². The lowest BCUT2D eigenvalue weighted by molar-refractivity contribution is -0.148. The number of ether oxygens (including phenoxy) is 1. The molecule has 1 atom stereocenters. The summed E-state index contributed by atoms with van der Waals surface area (Å²) in [6.45, 7) is 3.77. The minimum atomic E-state index is -0.638. The summed E-state index contributed by atoms with van der Waals surface area (Å²) in [4.78, 5) is 23.8. The maximum atomic E-state index is 12.0. The molecule has 2 bridgehead atoms. The van der Waals surface area contributed by atoms with Crippen molar-refractivity contribution in [2.75, 3.05) is 0 Å². The van der Waals surface area contributed by atoms with Crippen LogP contribution < -0.4 is 10.0 Å². The van der Waals surface area contributed by atoms with Crippen molar-refractivity contribution in [1.29, 1.82) is 0 Å². The van der Waals surface area contributed by atoms with Crippen LogP contribution in [0.25, 0.3) is 0 Å². The Morgan fingerprint density at radius 2 is 1.95 bits per heavy atom. The number of rotatable bonds is 3. The summed E-state index contributed by atoms with van der Waals surface area (Å²) < 4.78 is 8.07. The van der Waals surface area contributed by atoms with Crippen LogP contribution in [0.2, 0.25) is 0 Å². The van der Waals surface area contributed by atoms with Gasteiger partial charge in [0, 0.05) is 6.04 Å². The van der Waals surface area contributed by atoms with Gasteiger partial charge in [0.1, 0.15) is 5.60 Å². The van der Waals surface area contributed by atoms with E-state index in [0.29, 0.717) is 5.92 Å². The minimum absolute atomic E-state index is 0.0287. The number of fused-ring (bicyclic) bond motifs is 3. The Kier molecular flexibility index (Phi) is 4.28. The fraction of sp³-hybridized carbons (Fsp3) is 0.846. The van der Waals surface area contributed by atoms with Gasteiger partial charge in [0.15, 0.2) is 0 Å². The SMILES string of the molecule is CC(C)NC(=O)OC12CCC(CC1)CC2C(=O)NS. The van der Waals surface area contributed by atoms with Crippen LogP contribution >= 0.6 is 12.8 Å². The smallest absolute Gasteiger partial charge is 0.407 e. The highest BCUT2D eigenvalue weighted by molar-refractivity contribution is 7.78. The highest BCUT2D eigenvalue weighted by Crippen LogP contribution is 2.50. The molecule has 3 rings (SSSR count). The summed E-state index contributed by atoms with van der Waals surface area (Å²) in [6.07, 6.45) is 3.98. The standard InChI is InChI=1S/C13H22N2O3S/c1-8(2)14-12(17)18-13-5-3-9(4-6-13)7-10(13)11(16)15-19/h8-10,19H,3-7H2,1-2H3,(H,14,17)(H,15,16). The van der Waals surface area contributed by atoms with Crippen molar-refractivity contribution in [2.24, 2.45) is 11.8 Å². The molecule has 5 nitrogen and oxygen atoms in total. The van der Waals surface area contributed by atoms with Gasteiger partial charge in [0.2, 0.25) is 5.91 Å². The highest BCUT2D eigenvalue weighted by atomic mass is 32.1.